The van der Waals surface area contributed by atoms with Crippen LogP contribution in [-0.2, 0) is 0 Å². The van der Waals surface area contributed by atoms with Gasteiger partial charge in [0.2, 0.25) is 0 Å². The highest BCUT2D eigenvalue weighted by Gasteiger charge is 2.36. The quantitative estimate of drug-likeness (QED) is 0.356. The van der Waals surface area contributed by atoms with Gasteiger partial charge in [-0.1, -0.05) is 60.7 Å². The highest BCUT2D eigenvalue weighted by Crippen LogP contribution is 2.36. The molecule has 1 atom stereocenters. The lowest BCUT2D eigenvalue weighted by Crippen LogP contribution is -2.35. The molecule has 1 aliphatic rings. The summed E-state index contributed by atoms with van der Waals surface area (Å²) in [5.74, 6) is -0.302. The molecule has 0 saturated carbocycles. The van der Waals surface area contributed by atoms with Gasteiger partial charge in [0.1, 0.15) is 6.04 Å². The minimum absolute atomic E-state index is 0.0221. The topological polar surface area (TPSA) is 56.1 Å². The molecule has 0 radical (unpaired) electrons. The van der Waals surface area contributed by atoms with Crippen LogP contribution in [0.1, 0.15) is 33.2 Å². The van der Waals surface area contributed by atoms with Crippen LogP contribution in [0.2, 0.25) is 0 Å². The Morgan fingerprint density at radius 2 is 1.35 bits per heavy atom. The van der Waals surface area contributed by atoms with E-state index >= 15 is 0 Å². The van der Waals surface area contributed by atoms with E-state index in [-0.39, 0.29) is 23.5 Å². The van der Waals surface area contributed by atoms with Crippen LogP contribution in [0.5, 0.6) is 0 Å². The predicted octanol–water partition coefficient (Wildman–Crippen LogP) is 5.32. The predicted molar refractivity (Wildman–Crippen MR) is 122 cm³/mol. The standard InChI is InChI=1S/C27H17NO3/c29-24-15-23(28-22-8-4-2-6-17(22)10-14-25(28)30)27(31)21-13-12-19-18-7-3-1-5-16(18)9-11-20(19)26(21)24/h1-14,23H,15H2. The molecule has 0 aliphatic heterocycles. The summed E-state index contributed by atoms with van der Waals surface area (Å²) < 4.78 is 1.48. The minimum atomic E-state index is -0.837. The van der Waals surface area contributed by atoms with E-state index in [0.29, 0.717) is 16.6 Å². The third kappa shape index (κ3) is 2.51. The zero-order valence-corrected chi connectivity index (χ0v) is 16.5. The third-order valence-corrected chi connectivity index (χ3v) is 6.30. The summed E-state index contributed by atoms with van der Waals surface area (Å²) in [5, 5.41) is 4.75. The van der Waals surface area contributed by atoms with Crippen LogP contribution in [0, 0.1) is 0 Å². The van der Waals surface area contributed by atoms with E-state index in [1.54, 1.807) is 12.1 Å². The SMILES string of the molecule is O=C1CC(n2c(=O)ccc3ccccc32)C(=O)c2ccc3c(ccc4ccccc43)c21. The van der Waals surface area contributed by atoms with Crippen molar-refractivity contribution < 1.29 is 9.59 Å². The summed E-state index contributed by atoms with van der Waals surface area (Å²) >= 11 is 0. The number of hydrogen-bond acceptors (Lipinski definition) is 3. The van der Waals surface area contributed by atoms with Crippen molar-refractivity contribution in [1.82, 2.24) is 4.57 Å². The Kier molecular flexibility index (Phi) is 3.71. The Labute approximate surface area is 177 Å². The van der Waals surface area contributed by atoms with Gasteiger partial charge in [-0.3, -0.25) is 19.0 Å². The number of ketones is 2. The summed E-state index contributed by atoms with van der Waals surface area (Å²) in [6.45, 7) is 0. The number of pyridine rings is 1. The van der Waals surface area contributed by atoms with Crippen molar-refractivity contribution in [1.29, 1.82) is 0 Å². The first-order valence-corrected chi connectivity index (χ1v) is 10.3. The van der Waals surface area contributed by atoms with Crippen LogP contribution in [0.4, 0.5) is 0 Å². The second kappa shape index (κ2) is 6.47. The van der Waals surface area contributed by atoms with Gasteiger partial charge >= 0.3 is 0 Å². The van der Waals surface area contributed by atoms with Crippen LogP contribution in [0.15, 0.2) is 89.7 Å². The van der Waals surface area contributed by atoms with Gasteiger partial charge in [-0.15, -0.1) is 0 Å². The molecule has 5 aromatic rings. The molecule has 1 aromatic heterocycles. The van der Waals surface area contributed by atoms with Crippen molar-refractivity contribution in [2.45, 2.75) is 12.5 Å². The van der Waals surface area contributed by atoms with Gasteiger partial charge in [0.25, 0.3) is 5.56 Å². The van der Waals surface area contributed by atoms with Gasteiger partial charge in [0.05, 0.1) is 5.52 Å². The molecule has 31 heavy (non-hydrogen) atoms. The second-order valence-electron chi connectivity index (χ2n) is 7.98. The average molecular weight is 403 g/mol. The molecule has 1 aliphatic carbocycles. The molecule has 4 nitrogen and oxygen atoms in total. The molecular weight excluding hydrogens is 386 g/mol. The van der Waals surface area contributed by atoms with Crippen molar-refractivity contribution >= 4 is 44.0 Å². The van der Waals surface area contributed by atoms with Crippen LogP contribution in [0.3, 0.4) is 0 Å². The summed E-state index contributed by atoms with van der Waals surface area (Å²) in [5.41, 5.74) is 1.25. The van der Waals surface area contributed by atoms with Crippen molar-refractivity contribution in [3.63, 3.8) is 0 Å². The lowest BCUT2D eigenvalue weighted by atomic mass is 9.82. The highest BCUT2D eigenvalue weighted by molar-refractivity contribution is 6.24. The Morgan fingerprint density at radius 1 is 0.645 bits per heavy atom. The lowest BCUT2D eigenvalue weighted by Gasteiger charge is -2.26. The Balaban J connectivity index is 1.60. The van der Waals surface area contributed by atoms with Crippen LogP contribution >= 0.6 is 0 Å². The molecular formula is C27H17NO3. The number of Topliss-reactive ketones (excluding diaryl/α,β-unsaturated/α-hetero) is 2. The van der Waals surface area contributed by atoms with Gasteiger partial charge < -0.3 is 0 Å². The summed E-state index contributed by atoms with van der Waals surface area (Å²) in [6.07, 6.45) is -0.0221. The number of hydrogen-bond donors (Lipinski definition) is 0. The van der Waals surface area contributed by atoms with E-state index in [4.69, 9.17) is 0 Å². The smallest absolute Gasteiger partial charge is 0.251 e. The van der Waals surface area contributed by atoms with E-state index in [2.05, 4.69) is 0 Å². The van der Waals surface area contributed by atoms with Gasteiger partial charge in [-0.05, 0) is 45.1 Å². The molecule has 0 fully saturated rings. The molecule has 0 amide bonds. The third-order valence-electron chi connectivity index (χ3n) is 6.30. The molecule has 148 valence electrons. The molecule has 0 bridgehead atoms. The van der Waals surface area contributed by atoms with Crippen molar-refractivity contribution in [3.05, 3.63) is 106 Å². The van der Waals surface area contributed by atoms with E-state index < -0.39 is 6.04 Å². The maximum Gasteiger partial charge on any atom is 0.251 e. The minimum Gasteiger partial charge on any atom is -0.297 e. The number of carbonyl (C=O) groups is 2. The fourth-order valence-electron chi connectivity index (χ4n) is 4.88. The number of carbonyl (C=O) groups excluding carboxylic acids is 2. The molecule has 1 unspecified atom stereocenters. The monoisotopic (exact) mass is 403 g/mol. The molecule has 1 heterocycles. The number of aromatic nitrogens is 1. The van der Waals surface area contributed by atoms with Crippen LogP contribution < -0.4 is 5.56 Å². The van der Waals surface area contributed by atoms with Crippen molar-refractivity contribution in [2.75, 3.05) is 0 Å². The molecule has 4 aromatic carbocycles. The van der Waals surface area contributed by atoms with Crippen LogP contribution in [0.25, 0.3) is 32.4 Å². The average Bonchev–Trinajstić information content (AvgIpc) is 2.81. The van der Waals surface area contributed by atoms with Gasteiger partial charge in [0.15, 0.2) is 11.6 Å². The van der Waals surface area contributed by atoms with Crippen LogP contribution in [-0.4, -0.2) is 16.1 Å². The molecule has 4 heteroatoms. The molecule has 0 saturated heterocycles. The molecule has 0 spiro atoms. The Morgan fingerprint density at radius 3 is 2.23 bits per heavy atom. The van der Waals surface area contributed by atoms with Crippen molar-refractivity contribution in [3.8, 4) is 0 Å². The number of rotatable bonds is 1. The van der Waals surface area contributed by atoms with Gasteiger partial charge in [-0.2, -0.15) is 0 Å². The van der Waals surface area contributed by atoms with E-state index in [1.807, 2.05) is 66.7 Å². The summed E-state index contributed by atoms with van der Waals surface area (Å²) in [7, 11) is 0. The summed E-state index contributed by atoms with van der Waals surface area (Å²) in [6, 6.07) is 25.4. The maximum atomic E-state index is 13.6. The summed E-state index contributed by atoms with van der Waals surface area (Å²) in [4.78, 5) is 39.7. The lowest BCUT2D eigenvalue weighted by molar-refractivity contribution is 0.0831. The second-order valence-corrected chi connectivity index (χ2v) is 7.98. The molecule has 6 rings (SSSR count). The zero-order chi connectivity index (χ0) is 21.1. The first kappa shape index (κ1) is 17.8. The normalized spacial score (nSPS) is 16.2. The van der Waals surface area contributed by atoms with E-state index in [9.17, 15) is 14.4 Å². The zero-order valence-electron chi connectivity index (χ0n) is 16.5. The molecule has 0 N–H and O–H groups in total. The largest absolute Gasteiger partial charge is 0.297 e. The fraction of sp³-hybridized carbons (Fsp3) is 0.0741. The first-order valence-electron chi connectivity index (χ1n) is 10.3. The van der Waals surface area contributed by atoms with Gasteiger partial charge in [-0.25, -0.2) is 0 Å². The van der Waals surface area contributed by atoms with Crippen molar-refractivity contribution in [2.24, 2.45) is 0 Å². The highest BCUT2D eigenvalue weighted by atomic mass is 16.2. The fourth-order valence-corrected chi connectivity index (χ4v) is 4.88. The van der Waals surface area contributed by atoms with E-state index in [1.165, 1.54) is 10.6 Å². The van der Waals surface area contributed by atoms with E-state index in [0.717, 1.165) is 26.9 Å². The number of fused-ring (bicyclic) bond motifs is 6. The maximum absolute atomic E-state index is 13.6. The number of benzene rings is 4. The van der Waals surface area contributed by atoms with Gasteiger partial charge in [0, 0.05) is 23.6 Å². The Hall–Kier alpha value is -4.05. The Bertz CT molecular complexity index is 1630. The number of nitrogens with zero attached hydrogens (tertiary/aromatic N) is 1. The first-order chi connectivity index (χ1) is 15.1. The number of para-hydroxylation sites is 1.